The van der Waals surface area contributed by atoms with Crippen molar-refractivity contribution in [3.8, 4) is 0 Å². The number of rotatable bonds is 2. The van der Waals surface area contributed by atoms with Gasteiger partial charge in [-0.2, -0.15) is 5.10 Å². The van der Waals surface area contributed by atoms with Crippen molar-refractivity contribution in [3.63, 3.8) is 0 Å². The largest absolute Gasteiger partial charge is 0.393 e. The van der Waals surface area contributed by atoms with E-state index in [0.29, 0.717) is 6.42 Å². The predicted molar refractivity (Wildman–Crippen MR) is 58.8 cm³/mol. The van der Waals surface area contributed by atoms with Gasteiger partial charge >= 0.3 is 0 Å². The van der Waals surface area contributed by atoms with Crippen LogP contribution in [0.4, 0.5) is 0 Å². The average molecular weight is 244 g/mol. The first kappa shape index (κ1) is 11.6. The lowest BCUT2D eigenvalue weighted by atomic mass is 9.93. The standard InChI is InChI=1S/C10H16N2O3S/c1-16(14,15)10-6-11-12(7-10)8-3-2-4-9(13)5-8/h6-9,13H,2-5H2,1H3. The third-order valence-corrected chi connectivity index (χ3v) is 4.07. The van der Waals surface area contributed by atoms with Gasteiger partial charge in [0.15, 0.2) is 9.84 Å². The van der Waals surface area contributed by atoms with Gasteiger partial charge in [0.2, 0.25) is 0 Å². The van der Waals surface area contributed by atoms with Crippen LogP contribution in [0.1, 0.15) is 31.7 Å². The average Bonchev–Trinajstić information content (AvgIpc) is 2.65. The maximum Gasteiger partial charge on any atom is 0.178 e. The van der Waals surface area contributed by atoms with E-state index in [1.807, 2.05) is 0 Å². The lowest BCUT2D eigenvalue weighted by Crippen LogP contribution is -2.22. The smallest absolute Gasteiger partial charge is 0.178 e. The maximum atomic E-state index is 11.3. The number of sulfone groups is 1. The fourth-order valence-electron chi connectivity index (χ4n) is 2.09. The molecule has 2 rings (SSSR count). The molecular weight excluding hydrogens is 228 g/mol. The zero-order valence-electron chi connectivity index (χ0n) is 9.20. The molecule has 0 radical (unpaired) electrons. The third kappa shape index (κ3) is 2.44. The first-order valence-corrected chi connectivity index (χ1v) is 7.28. The molecule has 1 heterocycles. The molecule has 1 aliphatic rings. The summed E-state index contributed by atoms with van der Waals surface area (Å²) in [5, 5.41) is 13.6. The van der Waals surface area contributed by atoms with Crippen LogP contribution in [-0.2, 0) is 9.84 Å². The van der Waals surface area contributed by atoms with Gasteiger partial charge in [-0.3, -0.25) is 4.68 Å². The highest BCUT2D eigenvalue weighted by molar-refractivity contribution is 7.90. The number of aliphatic hydroxyl groups is 1. The molecule has 0 aromatic carbocycles. The fourth-order valence-corrected chi connectivity index (χ4v) is 2.63. The van der Waals surface area contributed by atoms with Gasteiger partial charge in [0, 0.05) is 12.5 Å². The molecule has 1 aromatic rings. The Hall–Kier alpha value is -0.880. The molecule has 0 spiro atoms. The molecule has 1 aromatic heterocycles. The van der Waals surface area contributed by atoms with Gasteiger partial charge in [0.05, 0.1) is 18.3 Å². The summed E-state index contributed by atoms with van der Waals surface area (Å²) in [6.45, 7) is 0. The summed E-state index contributed by atoms with van der Waals surface area (Å²) in [5.41, 5.74) is 0. The SMILES string of the molecule is CS(=O)(=O)c1cnn(C2CCCC(O)C2)c1. The molecule has 1 saturated carbocycles. The van der Waals surface area contributed by atoms with Gasteiger partial charge in [-0.25, -0.2) is 8.42 Å². The minimum Gasteiger partial charge on any atom is -0.393 e. The lowest BCUT2D eigenvalue weighted by Gasteiger charge is -2.25. The summed E-state index contributed by atoms with van der Waals surface area (Å²) in [6.07, 6.45) is 7.20. The van der Waals surface area contributed by atoms with Crippen molar-refractivity contribution in [2.75, 3.05) is 6.26 Å². The molecule has 0 saturated heterocycles. The van der Waals surface area contributed by atoms with E-state index in [1.165, 1.54) is 12.5 Å². The van der Waals surface area contributed by atoms with Crippen molar-refractivity contribution in [1.82, 2.24) is 9.78 Å². The van der Waals surface area contributed by atoms with Crippen LogP contribution in [0.25, 0.3) is 0 Å². The highest BCUT2D eigenvalue weighted by Crippen LogP contribution is 2.28. The number of nitrogens with zero attached hydrogens (tertiary/aromatic N) is 2. The molecule has 2 atom stereocenters. The van der Waals surface area contributed by atoms with Crippen LogP contribution in [0.2, 0.25) is 0 Å². The molecule has 5 nitrogen and oxygen atoms in total. The molecular formula is C10H16N2O3S. The number of aliphatic hydroxyl groups excluding tert-OH is 1. The van der Waals surface area contributed by atoms with Crippen LogP contribution in [0, 0.1) is 0 Å². The van der Waals surface area contributed by atoms with Crippen LogP contribution in [0.15, 0.2) is 17.3 Å². The van der Waals surface area contributed by atoms with E-state index in [4.69, 9.17) is 0 Å². The summed E-state index contributed by atoms with van der Waals surface area (Å²) in [4.78, 5) is 0.243. The summed E-state index contributed by atoms with van der Waals surface area (Å²) >= 11 is 0. The Morgan fingerprint density at radius 3 is 2.81 bits per heavy atom. The Balaban J connectivity index is 2.18. The zero-order valence-corrected chi connectivity index (χ0v) is 10.0. The molecule has 0 bridgehead atoms. The predicted octanol–water partition coefficient (Wildman–Crippen LogP) is 0.763. The molecule has 90 valence electrons. The normalized spacial score (nSPS) is 26.9. The van der Waals surface area contributed by atoms with E-state index in [-0.39, 0.29) is 17.0 Å². The Kier molecular flexibility index (Phi) is 3.03. The first-order valence-electron chi connectivity index (χ1n) is 5.39. The molecule has 1 aliphatic carbocycles. The zero-order chi connectivity index (χ0) is 11.8. The van der Waals surface area contributed by atoms with Crippen LogP contribution in [0.5, 0.6) is 0 Å². The minimum absolute atomic E-state index is 0.124. The highest BCUT2D eigenvalue weighted by Gasteiger charge is 2.23. The van der Waals surface area contributed by atoms with Crippen LogP contribution >= 0.6 is 0 Å². The van der Waals surface area contributed by atoms with Gasteiger partial charge < -0.3 is 5.11 Å². The molecule has 16 heavy (non-hydrogen) atoms. The maximum absolute atomic E-state index is 11.3. The lowest BCUT2D eigenvalue weighted by molar-refractivity contribution is 0.100. The molecule has 1 fully saturated rings. The Bertz CT molecular complexity index is 466. The Labute approximate surface area is 95.0 Å². The molecule has 1 N–H and O–H groups in total. The molecule has 0 aliphatic heterocycles. The van der Waals surface area contributed by atoms with E-state index < -0.39 is 9.84 Å². The number of hydrogen-bond acceptors (Lipinski definition) is 4. The molecule has 0 amide bonds. The quantitative estimate of drug-likeness (QED) is 0.833. The van der Waals surface area contributed by atoms with E-state index in [9.17, 15) is 13.5 Å². The van der Waals surface area contributed by atoms with E-state index in [2.05, 4.69) is 5.10 Å². The van der Waals surface area contributed by atoms with Gasteiger partial charge in [-0.15, -0.1) is 0 Å². The van der Waals surface area contributed by atoms with E-state index in [0.717, 1.165) is 19.3 Å². The van der Waals surface area contributed by atoms with Crippen LogP contribution in [0.3, 0.4) is 0 Å². The highest BCUT2D eigenvalue weighted by atomic mass is 32.2. The van der Waals surface area contributed by atoms with Crippen molar-refractivity contribution in [1.29, 1.82) is 0 Å². The van der Waals surface area contributed by atoms with Crippen molar-refractivity contribution in [3.05, 3.63) is 12.4 Å². The third-order valence-electron chi connectivity index (χ3n) is 3.00. The second-order valence-corrected chi connectivity index (χ2v) is 6.42. The van der Waals surface area contributed by atoms with Crippen LogP contribution in [-0.4, -0.2) is 35.7 Å². The summed E-state index contributed by atoms with van der Waals surface area (Å²) < 4.78 is 24.2. The monoisotopic (exact) mass is 244 g/mol. The Morgan fingerprint density at radius 2 is 2.25 bits per heavy atom. The number of hydrogen-bond donors (Lipinski definition) is 1. The van der Waals surface area contributed by atoms with Gasteiger partial charge in [-0.1, -0.05) is 0 Å². The van der Waals surface area contributed by atoms with Crippen molar-refractivity contribution in [2.24, 2.45) is 0 Å². The second kappa shape index (κ2) is 4.18. The first-order chi connectivity index (χ1) is 7.47. The summed E-state index contributed by atoms with van der Waals surface area (Å²) in [5.74, 6) is 0. The van der Waals surface area contributed by atoms with Gasteiger partial charge in [-0.05, 0) is 25.7 Å². The second-order valence-electron chi connectivity index (χ2n) is 4.40. The fraction of sp³-hybridized carbons (Fsp3) is 0.700. The summed E-state index contributed by atoms with van der Waals surface area (Å²) in [7, 11) is -3.18. The van der Waals surface area contributed by atoms with E-state index >= 15 is 0 Å². The Morgan fingerprint density at radius 1 is 1.50 bits per heavy atom. The van der Waals surface area contributed by atoms with Crippen molar-refractivity contribution in [2.45, 2.75) is 42.7 Å². The topological polar surface area (TPSA) is 72.2 Å². The molecule has 6 heteroatoms. The number of aromatic nitrogens is 2. The van der Waals surface area contributed by atoms with Crippen molar-refractivity contribution < 1.29 is 13.5 Å². The molecule has 2 unspecified atom stereocenters. The van der Waals surface area contributed by atoms with Crippen LogP contribution < -0.4 is 0 Å². The van der Waals surface area contributed by atoms with Crippen molar-refractivity contribution >= 4 is 9.84 Å². The van der Waals surface area contributed by atoms with Gasteiger partial charge in [0.25, 0.3) is 0 Å². The van der Waals surface area contributed by atoms with E-state index in [1.54, 1.807) is 10.9 Å². The van der Waals surface area contributed by atoms with Gasteiger partial charge in [0.1, 0.15) is 4.90 Å². The summed E-state index contributed by atoms with van der Waals surface area (Å²) in [6, 6.07) is 0.124. The minimum atomic E-state index is -3.18.